The molecule has 1 amide bonds. The number of ether oxygens (including phenoxy) is 3. The largest absolute Gasteiger partial charge is 0.493 e. The summed E-state index contributed by atoms with van der Waals surface area (Å²) in [7, 11) is 1.57. The highest BCUT2D eigenvalue weighted by Crippen LogP contribution is 2.27. The summed E-state index contributed by atoms with van der Waals surface area (Å²) in [6, 6.07) is 15.3. The molecule has 0 heterocycles. The Kier molecular flexibility index (Phi) is 7.11. The van der Waals surface area contributed by atoms with Gasteiger partial charge in [-0.2, -0.15) is 0 Å². The third kappa shape index (κ3) is 6.20. The number of para-hydroxylation sites is 2. The fourth-order valence-corrected chi connectivity index (χ4v) is 2.50. The maximum absolute atomic E-state index is 12.2. The number of methoxy groups -OCH3 is 1. The summed E-state index contributed by atoms with van der Waals surface area (Å²) in [4.78, 5) is 12.2. The molecule has 0 bridgehead atoms. The molecule has 146 valence electrons. The van der Waals surface area contributed by atoms with Crippen LogP contribution < -0.4 is 19.5 Å². The zero-order chi connectivity index (χ0) is 19.9. The molecular formula is C22H29NO4. The van der Waals surface area contributed by atoms with Crippen molar-refractivity contribution in [3.05, 3.63) is 54.1 Å². The van der Waals surface area contributed by atoms with E-state index in [1.807, 2.05) is 24.3 Å². The van der Waals surface area contributed by atoms with Crippen molar-refractivity contribution in [2.24, 2.45) is 0 Å². The van der Waals surface area contributed by atoms with Crippen LogP contribution in [0.1, 0.15) is 33.3 Å². The molecule has 0 unspecified atom stereocenters. The summed E-state index contributed by atoms with van der Waals surface area (Å²) in [6.45, 7) is 9.02. The van der Waals surface area contributed by atoms with Crippen LogP contribution in [-0.4, -0.2) is 32.3 Å². The minimum absolute atomic E-state index is 0.115. The number of carbonyl (C=O) groups is 1. The first-order valence-corrected chi connectivity index (χ1v) is 9.12. The number of benzene rings is 2. The lowest BCUT2D eigenvalue weighted by Crippen LogP contribution is -2.38. The van der Waals surface area contributed by atoms with Crippen molar-refractivity contribution in [3.63, 3.8) is 0 Å². The van der Waals surface area contributed by atoms with Gasteiger partial charge in [0.05, 0.1) is 13.7 Å². The van der Waals surface area contributed by atoms with Crippen molar-refractivity contribution in [1.82, 2.24) is 5.32 Å². The number of hydrogen-bond acceptors (Lipinski definition) is 4. The average molecular weight is 371 g/mol. The van der Waals surface area contributed by atoms with Gasteiger partial charge < -0.3 is 19.5 Å². The molecule has 0 saturated heterocycles. The van der Waals surface area contributed by atoms with Crippen LogP contribution in [0.15, 0.2) is 48.5 Å². The second-order valence-corrected chi connectivity index (χ2v) is 7.32. The summed E-state index contributed by atoms with van der Waals surface area (Å²) in [5, 5.41) is 2.82. The summed E-state index contributed by atoms with van der Waals surface area (Å²) in [5.41, 5.74) is 1.37. The Bertz CT molecular complexity index is 735. The lowest BCUT2D eigenvalue weighted by molar-refractivity contribution is -0.127. The minimum Gasteiger partial charge on any atom is -0.493 e. The molecule has 0 aliphatic heterocycles. The van der Waals surface area contributed by atoms with Crippen LogP contribution in [0, 0.1) is 0 Å². The predicted molar refractivity (Wildman–Crippen MR) is 107 cm³/mol. The first kappa shape index (κ1) is 20.6. The van der Waals surface area contributed by atoms with Crippen LogP contribution in [0.4, 0.5) is 0 Å². The molecule has 0 aliphatic carbocycles. The maximum atomic E-state index is 12.2. The van der Waals surface area contributed by atoms with E-state index in [4.69, 9.17) is 14.2 Å². The normalized spacial score (nSPS) is 12.2. The zero-order valence-electron chi connectivity index (χ0n) is 16.7. The number of amides is 1. The van der Waals surface area contributed by atoms with Gasteiger partial charge >= 0.3 is 0 Å². The Morgan fingerprint density at radius 2 is 1.67 bits per heavy atom. The summed E-state index contributed by atoms with van der Waals surface area (Å²) >= 11 is 0. The Balaban J connectivity index is 1.75. The zero-order valence-corrected chi connectivity index (χ0v) is 16.7. The Labute approximate surface area is 161 Å². The van der Waals surface area contributed by atoms with E-state index in [2.05, 4.69) is 38.2 Å². The predicted octanol–water partition coefficient (Wildman–Crippen LogP) is 3.96. The van der Waals surface area contributed by atoms with E-state index < -0.39 is 6.10 Å². The van der Waals surface area contributed by atoms with Gasteiger partial charge in [-0.15, -0.1) is 0 Å². The third-order valence-corrected chi connectivity index (χ3v) is 4.13. The third-order valence-electron chi connectivity index (χ3n) is 4.13. The monoisotopic (exact) mass is 371 g/mol. The molecular weight excluding hydrogens is 342 g/mol. The van der Waals surface area contributed by atoms with E-state index in [0.29, 0.717) is 24.7 Å². The molecule has 2 aromatic carbocycles. The molecule has 0 radical (unpaired) electrons. The van der Waals surface area contributed by atoms with Crippen molar-refractivity contribution >= 4 is 5.91 Å². The Hall–Kier alpha value is -2.69. The van der Waals surface area contributed by atoms with Gasteiger partial charge in [0, 0.05) is 0 Å². The highest BCUT2D eigenvalue weighted by atomic mass is 16.5. The van der Waals surface area contributed by atoms with E-state index in [-0.39, 0.29) is 11.3 Å². The van der Waals surface area contributed by atoms with Crippen LogP contribution in [0.2, 0.25) is 0 Å². The van der Waals surface area contributed by atoms with Gasteiger partial charge in [0.15, 0.2) is 17.6 Å². The second-order valence-electron chi connectivity index (χ2n) is 7.32. The minimum atomic E-state index is -0.632. The maximum Gasteiger partial charge on any atom is 0.260 e. The van der Waals surface area contributed by atoms with Crippen LogP contribution in [0.25, 0.3) is 0 Å². The molecule has 2 aromatic rings. The number of carbonyl (C=O) groups excluding carboxylic acids is 1. The molecule has 1 atom stereocenters. The van der Waals surface area contributed by atoms with Gasteiger partial charge in [-0.05, 0) is 42.2 Å². The van der Waals surface area contributed by atoms with Crippen molar-refractivity contribution in [2.45, 2.75) is 39.2 Å². The fourth-order valence-electron chi connectivity index (χ4n) is 2.50. The molecule has 0 spiro atoms. The van der Waals surface area contributed by atoms with Gasteiger partial charge in [0.1, 0.15) is 12.4 Å². The quantitative estimate of drug-likeness (QED) is 0.714. The van der Waals surface area contributed by atoms with Crippen molar-refractivity contribution in [2.75, 3.05) is 20.3 Å². The summed E-state index contributed by atoms with van der Waals surface area (Å²) in [5.74, 6) is 1.72. The van der Waals surface area contributed by atoms with Gasteiger partial charge in [0.2, 0.25) is 0 Å². The van der Waals surface area contributed by atoms with E-state index >= 15 is 0 Å². The Morgan fingerprint density at radius 3 is 2.26 bits per heavy atom. The standard InChI is InChI=1S/C22H29NO4/c1-16(27-20-9-7-6-8-19(20)25-5)21(24)23-14-15-26-18-12-10-17(11-13-18)22(2,3)4/h6-13,16H,14-15H2,1-5H3,(H,23,24)/t16-/m1/s1. The molecule has 0 saturated carbocycles. The van der Waals surface area contributed by atoms with Gasteiger partial charge in [-0.25, -0.2) is 0 Å². The first-order chi connectivity index (χ1) is 12.8. The van der Waals surface area contributed by atoms with Gasteiger partial charge in [-0.1, -0.05) is 45.0 Å². The van der Waals surface area contributed by atoms with Crippen LogP contribution in [0.3, 0.4) is 0 Å². The molecule has 2 rings (SSSR count). The van der Waals surface area contributed by atoms with Gasteiger partial charge in [0.25, 0.3) is 5.91 Å². The lowest BCUT2D eigenvalue weighted by atomic mass is 9.87. The SMILES string of the molecule is COc1ccccc1O[C@H](C)C(=O)NCCOc1ccc(C(C)(C)C)cc1. The summed E-state index contributed by atoms with van der Waals surface area (Å²) in [6.07, 6.45) is -0.632. The van der Waals surface area contributed by atoms with E-state index in [9.17, 15) is 4.79 Å². The molecule has 27 heavy (non-hydrogen) atoms. The lowest BCUT2D eigenvalue weighted by Gasteiger charge is -2.19. The molecule has 0 fully saturated rings. The van der Waals surface area contributed by atoms with E-state index in [1.54, 1.807) is 26.2 Å². The second kappa shape index (κ2) is 9.31. The first-order valence-electron chi connectivity index (χ1n) is 9.12. The van der Waals surface area contributed by atoms with Crippen LogP contribution in [0.5, 0.6) is 17.2 Å². The number of hydrogen-bond donors (Lipinski definition) is 1. The van der Waals surface area contributed by atoms with Crippen molar-refractivity contribution in [1.29, 1.82) is 0 Å². The smallest absolute Gasteiger partial charge is 0.260 e. The fraction of sp³-hybridized carbons (Fsp3) is 0.409. The van der Waals surface area contributed by atoms with E-state index in [1.165, 1.54) is 5.56 Å². The molecule has 1 N–H and O–H groups in total. The average Bonchev–Trinajstić information content (AvgIpc) is 2.65. The van der Waals surface area contributed by atoms with Crippen molar-refractivity contribution in [3.8, 4) is 17.2 Å². The topological polar surface area (TPSA) is 56.8 Å². The van der Waals surface area contributed by atoms with Crippen molar-refractivity contribution < 1.29 is 19.0 Å². The summed E-state index contributed by atoms with van der Waals surface area (Å²) < 4.78 is 16.6. The number of rotatable bonds is 8. The Morgan fingerprint density at radius 1 is 1.04 bits per heavy atom. The number of nitrogens with one attached hydrogen (secondary N) is 1. The molecule has 0 aromatic heterocycles. The molecule has 5 heteroatoms. The van der Waals surface area contributed by atoms with E-state index in [0.717, 1.165) is 5.75 Å². The van der Waals surface area contributed by atoms with Gasteiger partial charge in [-0.3, -0.25) is 4.79 Å². The van der Waals surface area contributed by atoms with Crippen LogP contribution in [-0.2, 0) is 10.2 Å². The van der Waals surface area contributed by atoms with Crippen LogP contribution >= 0.6 is 0 Å². The molecule has 5 nitrogen and oxygen atoms in total. The highest BCUT2D eigenvalue weighted by Gasteiger charge is 2.16. The molecule has 0 aliphatic rings. The highest BCUT2D eigenvalue weighted by molar-refractivity contribution is 5.80.